The Morgan fingerprint density at radius 2 is 2.14 bits per heavy atom. The summed E-state index contributed by atoms with van der Waals surface area (Å²) in [7, 11) is 2.10. The molecule has 2 unspecified atom stereocenters. The van der Waals surface area contributed by atoms with Crippen molar-refractivity contribution in [1.29, 1.82) is 0 Å². The van der Waals surface area contributed by atoms with E-state index in [4.69, 9.17) is 0 Å². The predicted molar refractivity (Wildman–Crippen MR) is 67.0 cm³/mol. The molecule has 1 aliphatic carbocycles. The largest absolute Gasteiger partial charge is 0.317 e. The fraction of sp³-hybridized carbons (Fsp3) is 1.00. The van der Waals surface area contributed by atoms with E-state index in [1.807, 2.05) is 0 Å². The smallest absolute Gasteiger partial charge is 0.00746 e. The maximum atomic E-state index is 3.42. The van der Waals surface area contributed by atoms with E-state index in [1.54, 1.807) is 0 Å². The van der Waals surface area contributed by atoms with Crippen LogP contribution < -0.4 is 5.32 Å². The molecule has 2 heteroatoms. The Balaban J connectivity index is 2.11. The Bertz CT molecular complexity index is 147. The molecule has 1 nitrogen and oxygen atoms in total. The summed E-state index contributed by atoms with van der Waals surface area (Å²) in [5.41, 5.74) is 0. The fourth-order valence-corrected chi connectivity index (χ4v) is 3.67. The van der Waals surface area contributed by atoms with Crippen molar-refractivity contribution >= 4 is 11.8 Å². The monoisotopic (exact) mass is 215 g/mol. The van der Waals surface area contributed by atoms with E-state index >= 15 is 0 Å². The number of hydrogen-bond donors (Lipinski definition) is 1. The van der Waals surface area contributed by atoms with Gasteiger partial charge in [0.25, 0.3) is 0 Å². The molecule has 0 saturated heterocycles. The highest BCUT2D eigenvalue weighted by atomic mass is 32.2. The minimum Gasteiger partial charge on any atom is -0.317 e. The van der Waals surface area contributed by atoms with E-state index in [0.717, 1.165) is 17.2 Å². The first-order valence-corrected chi connectivity index (χ1v) is 7.06. The molecule has 1 saturated carbocycles. The second kappa shape index (κ2) is 6.73. The highest BCUT2D eigenvalue weighted by molar-refractivity contribution is 7.99. The van der Waals surface area contributed by atoms with Crippen LogP contribution >= 0.6 is 11.8 Å². The number of nitrogens with one attached hydrogen (secondary N) is 1. The topological polar surface area (TPSA) is 12.0 Å². The van der Waals surface area contributed by atoms with Gasteiger partial charge in [-0.2, -0.15) is 11.8 Å². The molecule has 0 aliphatic heterocycles. The van der Waals surface area contributed by atoms with Crippen LogP contribution in [0.1, 0.15) is 46.0 Å². The molecule has 1 aliphatic rings. The van der Waals surface area contributed by atoms with Gasteiger partial charge in [0.15, 0.2) is 0 Å². The van der Waals surface area contributed by atoms with Gasteiger partial charge in [-0.15, -0.1) is 0 Å². The molecule has 1 fully saturated rings. The first kappa shape index (κ1) is 12.4. The van der Waals surface area contributed by atoms with Crippen molar-refractivity contribution in [3.05, 3.63) is 0 Å². The van der Waals surface area contributed by atoms with Gasteiger partial charge in [-0.25, -0.2) is 0 Å². The number of rotatable bonds is 5. The quantitative estimate of drug-likeness (QED) is 0.755. The van der Waals surface area contributed by atoms with Crippen LogP contribution in [0, 0.1) is 5.92 Å². The van der Waals surface area contributed by atoms with Gasteiger partial charge in [-0.05, 0) is 44.4 Å². The van der Waals surface area contributed by atoms with Crippen molar-refractivity contribution in [3.63, 3.8) is 0 Å². The van der Waals surface area contributed by atoms with Crippen LogP contribution in [-0.4, -0.2) is 24.1 Å². The summed E-state index contributed by atoms with van der Waals surface area (Å²) < 4.78 is 0. The first-order valence-electron chi connectivity index (χ1n) is 6.01. The van der Waals surface area contributed by atoms with Crippen LogP contribution in [0.3, 0.4) is 0 Å². The number of hydrogen-bond acceptors (Lipinski definition) is 2. The molecule has 1 rings (SSSR count). The zero-order valence-corrected chi connectivity index (χ0v) is 10.7. The third kappa shape index (κ3) is 4.70. The fourth-order valence-electron chi connectivity index (χ4n) is 2.03. The molecular weight excluding hydrogens is 190 g/mol. The van der Waals surface area contributed by atoms with Gasteiger partial charge in [0, 0.05) is 11.3 Å². The van der Waals surface area contributed by atoms with E-state index in [1.165, 1.54) is 37.9 Å². The molecule has 14 heavy (non-hydrogen) atoms. The van der Waals surface area contributed by atoms with Gasteiger partial charge < -0.3 is 5.32 Å². The van der Waals surface area contributed by atoms with Crippen LogP contribution in [0.4, 0.5) is 0 Å². The lowest BCUT2D eigenvalue weighted by Gasteiger charge is -2.28. The van der Waals surface area contributed by atoms with Crippen molar-refractivity contribution in [2.24, 2.45) is 5.92 Å². The Hall–Kier alpha value is 0.310. The van der Waals surface area contributed by atoms with Gasteiger partial charge in [0.05, 0.1) is 0 Å². The molecule has 0 aromatic rings. The van der Waals surface area contributed by atoms with Gasteiger partial charge in [-0.1, -0.05) is 20.3 Å². The van der Waals surface area contributed by atoms with E-state index in [0.29, 0.717) is 0 Å². The second-order valence-corrected chi connectivity index (χ2v) is 6.24. The first-order chi connectivity index (χ1) is 6.72. The summed E-state index contributed by atoms with van der Waals surface area (Å²) in [5.74, 6) is 2.23. The molecule has 2 atom stereocenters. The van der Waals surface area contributed by atoms with Crippen LogP contribution in [0.2, 0.25) is 0 Å². The molecule has 0 aromatic carbocycles. The van der Waals surface area contributed by atoms with Gasteiger partial charge in [-0.3, -0.25) is 0 Å². The standard InChI is InChI=1S/C12H25NS/c1-10(2)7-8-14-12-6-4-5-11(9-12)13-3/h10-13H,4-9H2,1-3H3. The average molecular weight is 215 g/mol. The lowest BCUT2D eigenvalue weighted by Crippen LogP contribution is -2.32. The summed E-state index contributed by atoms with van der Waals surface area (Å²) in [6.07, 6.45) is 7.02. The third-order valence-electron chi connectivity index (χ3n) is 3.08. The predicted octanol–water partition coefficient (Wildman–Crippen LogP) is 3.30. The normalized spacial score (nSPS) is 28.3. The van der Waals surface area contributed by atoms with Crippen molar-refractivity contribution in [2.75, 3.05) is 12.8 Å². The molecule has 0 radical (unpaired) electrons. The van der Waals surface area contributed by atoms with Crippen LogP contribution in [0.5, 0.6) is 0 Å². The summed E-state index contributed by atoms with van der Waals surface area (Å²) in [4.78, 5) is 0. The van der Waals surface area contributed by atoms with Crippen LogP contribution in [-0.2, 0) is 0 Å². The Morgan fingerprint density at radius 3 is 2.79 bits per heavy atom. The zero-order valence-electron chi connectivity index (χ0n) is 9.88. The maximum Gasteiger partial charge on any atom is 0.00746 e. The molecule has 1 N–H and O–H groups in total. The molecular formula is C12H25NS. The molecule has 0 aromatic heterocycles. The highest BCUT2D eigenvalue weighted by Gasteiger charge is 2.20. The molecule has 84 valence electrons. The minimum absolute atomic E-state index is 0.792. The Morgan fingerprint density at radius 1 is 1.36 bits per heavy atom. The SMILES string of the molecule is CNC1CCCC(SCCC(C)C)C1. The second-order valence-electron chi connectivity index (χ2n) is 4.83. The average Bonchev–Trinajstić information content (AvgIpc) is 2.18. The van der Waals surface area contributed by atoms with Gasteiger partial charge in [0.1, 0.15) is 0 Å². The van der Waals surface area contributed by atoms with Gasteiger partial charge in [0.2, 0.25) is 0 Å². The minimum atomic E-state index is 0.792. The van der Waals surface area contributed by atoms with Crippen molar-refractivity contribution in [3.8, 4) is 0 Å². The van der Waals surface area contributed by atoms with E-state index in [-0.39, 0.29) is 0 Å². The molecule has 0 spiro atoms. The van der Waals surface area contributed by atoms with E-state index < -0.39 is 0 Å². The zero-order chi connectivity index (χ0) is 10.4. The Labute approximate surface area is 93.4 Å². The molecule has 0 bridgehead atoms. The summed E-state index contributed by atoms with van der Waals surface area (Å²) in [6.45, 7) is 4.63. The van der Waals surface area contributed by atoms with E-state index in [2.05, 4.69) is 38.0 Å². The van der Waals surface area contributed by atoms with Crippen molar-refractivity contribution in [1.82, 2.24) is 5.32 Å². The summed E-state index contributed by atoms with van der Waals surface area (Å²) in [5, 5.41) is 4.35. The lowest BCUT2D eigenvalue weighted by molar-refractivity contribution is 0.402. The van der Waals surface area contributed by atoms with Crippen LogP contribution in [0.15, 0.2) is 0 Å². The maximum absolute atomic E-state index is 3.42. The lowest BCUT2D eigenvalue weighted by atomic mass is 9.95. The van der Waals surface area contributed by atoms with Crippen molar-refractivity contribution in [2.45, 2.75) is 57.2 Å². The highest BCUT2D eigenvalue weighted by Crippen LogP contribution is 2.29. The third-order valence-corrected chi connectivity index (χ3v) is 4.45. The summed E-state index contributed by atoms with van der Waals surface area (Å²) in [6, 6.07) is 0.792. The van der Waals surface area contributed by atoms with Crippen molar-refractivity contribution < 1.29 is 0 Å². The molecule has 0 heterocycles. The van der Waals surface area contributed by atoms with Gasteiger partial charge >= 0.3 is 0 Å². The summed E-state index contributed by atoms with van der Waals surface area (Å²) >= 11 is 2.20. The van der Waals surface area contributed by atoms with Crippen LogP contribution in [0.25, 0.3) is 0 Å². The Kier molecular flexibility index (Phi) is 5.95. The van der Waals surface area contributed by atoms with E-state index in [9.17, 15) is 0 Å². The molecule has 0 amide bonds. The number of thioether (sulfide) groups is 1.